The van der Waals surface area contributed by atoms with Crippen LogP contribution >= 0.6 is 11.6 Å². The summed E-state index contributed by atoms with van der Waals surface area (Å²) in [6.07, 6.45) is 3.97. The van der Waals surface area contributed by atoms with Crippen LogP contribution in [0.5, 0.6) is 0 Å². The van der Waals surface area contributed by atoms with Crippen LogP contribution in [0.25, 0.3) is 10.9 Å². The molecule has 2 aromatic heterocycles. The highest BCUT2D eigenvalue weighted by Gasteiger charge is 2.11. The van der Waals surface area contributed by atoms with Crippen LogP contribution in [0.15, 0.2) is 54.9 Å². The molecule has 0 amide bonds. The Hall–Kier alpha value is -1.97. The van der Waals surface area contributed by atoms with Gasteiger partial charge in [0, 0.05) is 35.9 Å². The normalized spacial score (nSPS) is 12.5. The summed E-state index contributed by atoms with van der Waals surface area (Å²) in [6.45, 7) is 0. The number of pyridine rings is 2. The second-order valence-corrected chi connectivity index (χ2v) is 5.11. The van der Waals surface area contributed by atoms with Gasteiger partial charge in [-0.25, -0.2) is 0 Å². The van der Waals surface area contributed by atoms with Crippen molar-refractivity contribution < 1.29 is 0 Å². The van der Waals surface area contributed by atoms with Crippen molar-refractivity contribution in [2.45, 2.75) is 12.5 Å². The van der Waals surface area contributed by atoms with Crippen molar-refractivity contribution in [2.24, 2.45) is 5.73 Å². The average molecular weight is 284 g/mol. The lowest BCUT2D eigenvalue weighted by Gasteiger charge is -2.13. The molecule has 0 bridgehead atoms. The minimum Gasteiger partial charge on any atom is -0.324 e. The van der Waals surface area contributed by atoms with E-state index in [1.807, 2.05) is 36.4 Å². The van der Waals surface area contributed by atoms with Crippen LogP contribution in [0.2, 0.25) is 5.02 Å². The first-order chi connectivity index (χ1) is 9.74. The molecular formula is C16H14ClN3. The number of hydrogen-bond acceptors (Lipinski definition) is 3. The molecular weight excluding hydrogens is 270 g/mol. The third kappa shape index (κ3) is 2.64. The van der Waals surface area contributed by atoms with Crippen LogP contribution in [-0.2, 0) is 6.42 Å². The van der Waals surface area contributed by atoms with Crippen LogP contribution in [0.1, 0.15) is 17.3 Å². The number of hydrogen-bond donors (Lipinski definition) is 1. The molecule has 1 unspecified atom stereocenters. The van der Waals surface area contributed by atoms with Gasteiger partial charge in [-0.1, -0.05) is 35.9 Å². The molecule has 1 atom stereocenters. The molecule has 0 aliphatic heterocycles. The number of rotatable bonds is 3. The van der Waals surface area contributed by atoms with Gasteiger partial charge in [0.15, 0.2) is 0 Å². The highest BCUT2D eigenvalue weighted by atomic mass is 35.5. The predicted molar refractivity (Wildman–Crippen MR) is 81.6 cm³/mol. The molecule has 4 heteroatoms. The zero-order valence-corrected chi connectivity index (χ0v) is 11.6. The summed E-state index contributed by atoms with van der Waals surface area (Å²) in [5, 5.41) is 1.73. The molecule has 3 nitrogen and oxygen atoms in total. The average Bonchev–Trinajstić information content (AvgIpc) is 2.47. The summed E-state index contributed by atoms with van der Waals surface area (Å²) >= 11 is 6.12. The summed E-state index contributed by atoms with van der Waals surface area (Å²) in [4.78, 5) is 8.60. The number of benzene rings is 1. The number of nitrogens with two attached hydrogens (primary N) is 1. The van der Waals surface area contributed by atoms with Gasteiger partial charge < -0.3 is 5.73 Å². The Bertz CT molecular complexity index is 742. The molecule has 0 saturated heterocycles. The lowest BCUT2D eigenvalue weighted by Crippen LogP contribution is -2.14. The topological polar surface area (TPSA) is 51.8 Å². The lowest BCUT2D eigenvalue weighted by molar-refractivity contribution is 0.708. The zero-order chi connectivity index (χ0) is 13.9. The SMILES string of the molecule is NC(Cc1ccc2ccccc2n1)c1ccncc1Cl. The van der Waals surface area contributed by atoms with Crippen LogP contribution in [0, 0.1) is 0 Å². The Balaban J connectivity index is 1.87. The summed E-state index contributed by atoms with van der Waals surface area (Å²) in [5.41, 5.74) is 9.07. The second-order valence-electron chi connectivity index (χ2n) is 4.70. The fraction of sp³-hybridized carbons (Fsp3) is 0.125. The molecule has 0 spiro atoms. The molecule has 3 rings (SSSR count). The van der Waals surface area contributed by atoms with E-state index in [0.29, 0.717) is 11.4 Å². The standard InChI is InChI=1S/C16H14ClN3/c17-14-10-19-8-7-13(14)15(18)9-12-6-5-11-3-1-2-4-16(11)20-12/h1-8,10,15H,9,18H2. The number of halogens is 1. The van der Waals surface area contributed by atoms with E-state index in [1.165, 1.54) is 0 Å². The van der Waals surface area contributed by atoms with Crippen molar-refractivity contribution in [3.05, 3.63) is 71.1 Å². The number of fused-ring (bicyclic) bond motifs is 1. The van der Waals surface area contributed by atoms with Crippen molar-refractivity contribution in [3.8, 4) is 0 Å². The van der Waals surface area contributed by atoms with Gasteiger partial charge in [-0.05, 0) is 23.8 Å². The van der Waals surface area contributed by atoms with E-state index in [-0.39, 0.29) is 6.04 Å². The van der Waals surface area contributed by atoms with Gasteiger partial charge in [-0.15, -0.1) is 0 Å². The Morgan fingerprint density at radius 3 is 2.80 bits per heavy atom. The maximum Gasteiger partial charge on any atom is 0.0705 e. The number of para-hydroxylation sites is 1. The summed E-state index contributed by atoms with van der Waals surface area (Å²) in [6, 6.07) is 13.8. The van der Waals surface area contributed by atoms with Gasteiger partial charge in [0.05, 0.1) is 10.5 Å². The third-order valence-corrected chi connectivity index (χ3v) is 3.60. The Labute approximate surface area is 122 Å². The highest BCUT2D eigenvalue weighted by Crippen LogP contribution is 2.23. The van der Waals surface area contributed by atoms with E-state index in [0.717, 1.165) is 22.2 Å². The largest absolute Gasteiger partial charge is 0.324 e. The summed E-state index contributed by atoms with van der Waals surface area (Å²) in [5.74, 6) is 0. The van der Waals surface area contributed by atoms with Crippen LogP contribution in [0.3, 0.4) is 0 Å². The highest BCUT2D eigenvalue weighted by molar-refractivity contribution is 6.31. The van der Waals surface area contributed by atoms with Crippen LogP contribution in [-0.4, -0.2) is 9.97 Å². The van der Waals surface area contributed by atoms with E-state index in [4.69, 9.17) is 17.3 Å². The van der Waals surface area contributed by atoms with Crippen molar-refractivity contribution in [1.29, 1.82) is 0 Å². The van der Waals surface area contributed by atoms with E-state index >= 15 is 0 Å². The molecule has 2 N–H and O–H groups in total. The van der Waals surface area contributed by atoms with Gasteiger partial charge in [-0.3, -0.25) is 9.97 Å². The number of aromatic nitrogens is 2. The number of nitrogens with zero attached hydrogens (tertiary/aromatic N) is 2. The molecule has 100 valence electrons. The van der Waals surface area contributed by atoms with Gasteiger partial charge in [0.25, 0.3) is 0 Å². The minimum atomic E-state index is -0.181. The first-order valence-electron chi connectivity index (χ1n) is 6.44. The molecule has 0 radical (unpaired) electrons. The first-order valence-corrected chi connectivity index (χ1v) is 6.81. The molecule has 0 aliphatic rings. The van der Waals surface area contributed by atoms with E-state index < -0.39 is 0 Å². The maximum atomic E-state index is 6.22. The Morgan fingerprint density at radius 2 is 1.95 bits per heavy atom. The second kappa shape index (κ2) is 5.57. The molecule has 0 fully saturated rings. The molecule has 1 aromatic carbocycles. The monoisotopic (exact) mass is 283 g/mol. The van der Waals surface area contributed by atoms with E-state index in [2.05, 4.69) is 16.0 Å². The fourth-order valence-corrected chi connectivity index (χ4v) is 2.50. The van der Waals surface area contributed by atoms with Gasteiger partial charge in [0.1, 0.15) is 0 Å². The van der Waals surface area contributed by atoms with Crippen molar-refractivity contribution >= 4 is 22.5 Å². The summed E-state index contributed by atoms with van der Waals surface area (Å²) < 4.78 is 0. The quantitative estimate of drug-likeness (QED) is 0.800. The third-order valence-electron chi connectivity index (χ3n) is 3.29. The minimum absolute atomic E-state index is 0.181. The fourth-order valence-electron chi connectivity index (χ4n) is 2.24. The van der Waals surface area contributed by atoms with E-state index in [1.54, 1.807) is 12.4 Å². The summed E-state index contributed by atoms with van der Waals surface area (Å²) in [7, 11) is 0. The zero-order valence-electron chi connectivity index (χ0n) is 10.8. The molecule has 0 saturated carbocycles. The maximum absolute atomic E-state index is 6.22. The smallest absolute Gasteiger partial charge is 0.0705 e. The van der Waals surface area contributed by atoms with Crippen molar-refractivity contribution in [2.75, 3.05) is 0 Å². The predicted octanol–water partition coefficient (Wildman–Crippen LogP) is 3.53. The van der Waals surface area contributed by atoms with Gasteiger partial charge in [-0.2, -0.15) is 0 Å². The first kappa shape index (κ1) is 13.0. The molecule has 3 aromatic rings. The van der Waals surface area contributed by atoms with E-state index in [9.17, 15) is 0 Å². The van der Waals surface area contributed by atoms with Crippen molar-refractivity contribution in [1.82, 2.24) is 9.97 Å². The van der Waals surface area contributed by atoms with Crippen LogP contribution < -0.4 is 5.73 Å². The molecule has 2 heterocycles. The molecule has 0 aliphatic carbocycles. The Kier molecular flexibility index (Phi) is 3.63. The van der Waals surface area contributed by atoms with Gasteiger partial charge >= 0.3 is 0 Å². The molecule has 20 heavy (non-hydrogen) atoms. The van der Waals surface area contributed by atoms with Gasteiger partial charge in [0.2, 0.25) is 0 Å². The Morgan fingerprint density at radius 1 is 1.10 bits per heavy atom. The van der Waals surface area contributed by atoms with Crippen LogP contribution in [0.4, 0.5) is 0 Å². The van der Waals surface area contributed by atoms with Crippen molar-refractivity contribution in [3.63, 3.8) is 0 Å². The lowest BCUT2D eigenvalue weighted by atomic mass is 10.0.